The summed E-state index contributed by atoms with van der Waals surface area (Å²) in [5, 5.41) is 0. The average Bonchev–Trinajstić information content (AvgIpc) is 2.95. The van der Waals surface area contributed by atoms with Crippen LogP contribution < -0.4 is 0 Å². The third-order valence-corrected chi connectivity index (χ3v) is 5.72. The highest BCUT2D eigenvalue weighted by atomic mass is 16.7. The van der Waals surface area contributed by atoms with Crippen molar-refractivity contribution in [2.45, 2.75) is 83.1 Å². The number of ether oxygens (including phenoxy) is 2. The summed E-state index contributed by atoms with van der Waals surface area (Å²) in [5.74, 6) is 0.258. The number of nitrogens with zero attached hydrogens (tertiary/aromatic N) is 1. The zero-order valence-corrected chi connectivity index (χ0v) is 13.3. The summed E-state index contributed by atoms with van der Waals surface area (Å²) in [5.41, 5.74) is 0. The first-order chi connectivity index (χ1) is 9.77. The average molecular weight is 281 g/mol. The molecule has 1 spiro atoms. The summed E-state index contributed by atoms with van der Waals surface area (Å²) < 4.78 is 12.4. The van der Waals surface area contributed by atoms with Crippen LogP contribution in [0, 0.1) is 5.92 Å². The van der Waals surface area contributed by atoms with Gasteiger partial charge in [-0.05, 0) is 32.2 Å². The second kappa shape index (κ2) is 6.33. The topological polar surface area (TPSA) is 21.7 Å². The molecule has 0 unspecified atom stereocenters. The summed E-state index contributed by atoms with van der Waals surface area (Å²) in [4.78, 5) is 2.78. The maximum Gasteiger partial charge on any atom is 0.173 e. The van der Waals surface area contributed by atoms with Gasteiger partial charge >= 0.3 is 0 Å². The quantitative estimate of drug-likeness (QED) is 0.735. The Kier molecular flexibility index (Phi) is 4.68. The molecule has 0 aromatic rings. The number of unbranched alkanes of at least 4 members (excludes halogenated alkanes) is 2. The minimum absolute atomic E-state index is 0.263. The third-order valence-electron chi connectivity index (χ3n) is 5.72. The molecule has 3 aliphatic heterocycles. The summed E-state index contributed by atoms with van der Waals surface area (Å²) in [7, 11) is 0. The van der Waals surface area contributed by atoms with E-state index in [0.29, 0.717) is 18.0 Å². The molecule has 20 heavy (non-hydrogen) atoms. The molecule has 0 bridgehead atoms. The van der Waals surface area contributed by atoms with E-state index in [1.54, 1.807) is 0 Å². The molecule has 3 heterocycles. The van der Waals surface area contributed by atoms with Gasteiger partial charge in [-0.15, -0.1) is 0 Å². The lowest BCUT2D eigenvalue weighted by atomic mass is 9.79. The van der Waals surface area contributed by atoms with Crippen molar-refractivity contribution in [1.82, 2.24) is 4.90 Å². The van der Waals surface area contributed by atoms with Gasteiger partial charge in [0, 0.05) is 24.4 Å². The fourth-order valence-corrected chi connectivity index (χ4v) is 4.60. The smallest absolute Gasteiger partial charge is 0.173 e. The highest BCUT2D eigenvalue weighted by molar-refractivity contribution is 5.01. The Balaban J connectivity index is 1.72. The van der Waals surface area contributed by atoms with Crippen molar-refractivity contribution < 1.29 is 9.47 Å². The van der Waals surface area contributed by atoms with E-state index in [0.717, 1.165) is 26.1 Å². The highest BCUT2D eigenvalue weighted by Crippen LogP contribution is 2.46. The number of hydrogen-bond donors (Lipinski definition) is 0. The monoisotopic (exact) mass is 281 g/mol. The molecule has 0 N–H and O–H groups in total. The first-order valence-electron chi connectivity index (χ1n) is 8.80. The van der Waals surface area contributed by atoms with Crippen LogP contribution in [0.25, 0.3) is 0 Å². The van der Waals surface area contributed by atoms with Gasteiger partial charge in [-0.3, -0.25) is 4.90 Å². The van der Waals surface area contributed by atoms with Gasteiger partial charge in [0.05, 0.1) is 13.2 Å². The van der Waals surface area contributed by atoms with Crippen LogP contribution in [0.5, 0.6) is 0 Å². The molecule has 3 aliphatic rings. The van der Waals surface area contributed by atoms with E-state index in [9.17, 15) is 0 Å². The van der Waals surface area contributed by atoms with Gasteiger partial charge in [-0.1, -0.05) is 33.1 Å². The zero-order valence-electron chi connectivity index (χ0n) is 13.3. The molecule has 3 saturated heterocycles. The molecular formula is C17H31NO2. The normalized spacial score (nSPS) is 37.2. The van der Waals surface area contributed by atoms with E-state index >= 15 is 0 Å². The molecule has 3 fully saturated rings. The van der Waals surface area contributed by atoms with Gasteiger partial charge < -0.3 is 9.47 Å². The molecule has 0 radical (unpaired) electrons. The highest BCUT2D eigenvalue weighted by Gasteiger charge is 2.53. The molecule has 0 aromatic carbocycles. The van der Waals surface area contributed by atoms with E-state index in [1.807, 2.05) is 0 Å². The lowest BCUT2D eigenvalue weighted by molar-refractivity contribution is -0.320. The number of piperidine rings is 1. The lowest BCUT2D eigenvalue weighted by Crippen LogP contribution is -2.62. The van der Waals surface area contributed by atoms with Gasteiger partial charge in [0.1, 0.15) is 0 Å². The van der Waals surface area contributed by atoms with Crippen LogP contribution in [0.1, 0.15) is 65.2 Å². The van der Waals surface area contributed by atoms with Gasteiger partial charge in [0.15, 0.2) is 5.79 Å². The maximum atomic E-state index is 6.21. The second-order valence-corrected chi connectivity index (χ2v) is 6.95. The summed E-state index contributed by atoms with van der Waals surface area (Å²) in [6, 6.07) is 1.37. The molecular weight excluding hydrogens is 250 g/mol. The van der Waals surface area contributed by atoms with Crippen molar-refractivity contribution in [3.05, 3.63) is 0 Å². The van der Waals surface area contributed by atoms with Crippen LogP contribution in [0.2, 0.25) is 0 Å². The van der Waals surface area contributed by atoms with Crippen molar-refractivity contribution in [2.75, 3.05) is 19.8 Å². The molecule has 3 atom stereocenters. The number of hydrogen-bond acceptors (Lipinski definition) is 3. The van der Waals surface area contributed by atoms with Gasteiger partial charge in [0.2, 0.25) is 0 Å². The van der Waals surface area contributed by atoms with Gasteiger partial charge in [0.25, 0.3) is 0 Å². The SMILES string of the molecule is CCCCC[C@@H]1CC2(OCCCO2)[C@@H](C)[C@@H]2CCCN12. The standard InChI is InChI=1S/C17H31NO2/c1-3-4-5-8-15-13-17(19-11-7-12-20-17)14(2)16-9-6-10-18(15)16/h14-16H,3-13H2,1-2H3/t14-,15+,16-/m0/s1. The Morgan fingerprint density at radius 2 is 1.95 bits per heavy atom. The van der Waals surface area contributed by atoms with Crippen LogP contribution in [-0.2, 0) is 9.47 Å². The Morgan fingerprint density at radius 1 is 1.15 bits per heavy atom. The fraction of sp³-hybridized carbons (Fsp3) is 1.00. The Labute approximate surface area is 124 Å². The van der Waals surface area contributed by atoms with Crippen LogP contribution in [0.4, 0.5) is 0 Å². The Bertz CT molecular complexity index is 314. The Hall–Kier alpha value is -0.120. The van der Waals surface area contributed by atoms with Crippen LogP contribution in [-0.4, -0.2) is 42.5 Å². The van der Waals surface area contributed by atoms with Crippen molar-refractivity contribution >= 4 is 0 Å². The molecule has 0 saturated carbocycles. The van der Waals surface area contributed by atoms with E-state index in [1.165, 1.54) is 45.1 Å². The third kappa shape index (κ3) is 2.65. The van der Waals surface area contributed by atoms with Crippen LogP contribution >= 0.6 is 0 Å². The number of rotatable bonds is 4. The second-order valence-electron chi connectivity index (χ2n) is 6.95. The molecule has 3 heteroatoms. The van der Waals surface area contributed by atoms with Crippen molar-refractivity contribution in [3.63, 3.8) is 0 Å². The summed E-state index contributed by atoms with van der Waals surface area (Å²) in [6.45, 7) is 7.71. The largest absolute Gasteiger partial charge is 0.349 e. The molecule has 0 amide bonds. The first-order valence-corrected chi connectivity index (χ1v) is 8.80. The van der Waals surface area contributed by atoms with Gasteiger partial charge in [-0.25, -0.2) is 0 Å². The summed E-state index contributed by atoms with van der Waals surface area (Å²) >= 11 is 0. The van der Waals surface area contributed by atoms with E-state index in [2.05, 4.69) is 18.7 Å². The van der Waals surface area contributed by atoms with Crippen LogP contribution in [0.3, 0.4) is 0 Å². The lowest BCUT2D eigenvalue weighted by Gasteiger charge is -2.53. The Morgan fingerprint density at radius 3 is 2.70 bits per heavy atom. The molecule has 3 nitrogen and oxygen atoms in total. The maximum absolute atomic E-state index is 6.21. The predicted molar refractivity (Wildman–Crippen MR) is 80.7 cm³/mol. The van der Waals surface area contributed by atoms with E-state index < -0.39 is 0 Å². The van der Waals surface area contributed by atoms with E-state index in [-0.39, 0.29) is 5.79 Å². The fourth-order valence-electron chi connectivity index (χ4n) is 4.60. The molecule has 0 aromatic heterocycles. The minimum atomic E-state index is -0.263. The van der Waals surface area contributed by atoms with Gasteiger partial charge in [-0.2, -0.15) is 0 Å². The zero-order chi connectivity index (χ0) is 14.0. The molecule has 0 aliphatic carbocycles. The minimum Gasteiger partial charge on any atom is -0.349 e. The van der Waals surface area contributed by atoms with Crippen molar-refractivity contribution in [3.8, 4) is 0 Å². The molecule has 116 valence electrons. The summed E-state index contributed by atoms with van der Waals surface area (Å²) in [6.07, 6.45) is 10.2. The van der Waals surface area contributed by atoms with Crippen molar-refractivity contribution in [1.29, 1.82) is 0 Å². The van der Waals surface area contributed by atoms with Crippen molar-refractivity contribution in [2.24, 2.45) is 5.92 Å². The van der Waals surface area contributed by atoms with E-state index in [4.69, 9.17) is 9.47 Å². The number of fused-ring (bicyclic) bond motifs is 1. The van der Waals surface area contributed by atoms with Crippen LogP contribution in [0.15, 0.2) is 0 Å². The molecule has 3 rings (SSSR count). The first kappa shape index (κ1) is 14.8. The predicted octanol–water partition coefficient (Wildman–Crippen LogP) is 3.57.